The van der Waals surface area contributed by atoms with E-state index in [0.717, 1.165) is 25.7 Å². The van der Waals surface area contributed by atoms with Gasteiger partial charge in [0, 0.05) is 17.6 Å². The van der Waals surface area contributed by atoms with E-state index >= 15 is 0 Å². The van der Waals surface area contributed by atoms with Crippen LogP contribution in [0.4, 0.5) is 5.69 Å². The lowest BCUT2D eigenvalue weighted by molar-refractivity contribution is -0.118. The molecule has 1 saturated carbocycles. The molecule has 1 aliphatic carbocycles. The number of nitrogens with one attached hydrogen (secondary N) is 2. The number of hydrogen-bond acceptors (Lipinski definition) is 4. The Balaban J connectivity index is 2.09. The van der Waals surface area contributed by atoms with Gasteiger partial charge in [0.15, 0.2) is 0 Å². The molecule has 7 heteroatoms. The van der Waals surface area contributed by atoms with Crippen LogP contribution in [0.1, 0.15) is 59.3 Å². The van der Waals surface area contributed by atoms with Crippen molar-refractivity contribution in [2.75, 3.05) is 11.9 Å². The zero-order valence-electron chi connectivity index (χ0n) is 16.0. The molecular formula is C19H31N3O3S. The Bertz CT molecular complexity index is 733. The normalized spacial score (nSPS) is 17.7. The molecule has 0 bridgehead atoms. The molecule has 0 atom stereocenters. The summed E-state index contributed by atoms with van der Waals surface area (Å²) in [4.78, 5) is 12.6. The Morgan fingerprint density at radius 3 is 2.42 bits per heavy atom. The third kappa shape index (κ3) is 5.79. The fraction of sp³-hybridized carbons (Fsp3) is 0.632. The first-order chi connectivity index (χ1) is 12.1. The molecular weight excluding hydrogens is 350 g/mol. The van der Waals surface area contributed by atoms with Gasteiger partial charge >= 0.3 is 0 Å². The Morgan fingerprint density at radius 2 is 1.85 bits per heavy atom. The SMILES string of the molecule is CC(C)(C)NS(=O)(=O)c1cccc(NC(=O)CC2(CN)CCCCC2)c1. The van der Waals surface area contributed by atoms with Crippen LogP contribution in [0.3, 0.4) is 0 Å². The van der Waals surface area contributed by atoms with Gasteiger partial charge in [-0.1, -0.05) is 25.3 Å². The third-order valence-corrected chi connectivity index (χ3v) is 6.51. The van der Waals surface area contributed by atoms with Gasteiger partial charge in [-0.15, -0.1) is 0 Å². The van der Waals surface area contributed by atoms with Crippen LogP contribution in [-0.4, -0.2) is 26.4 Å². The predicted molar refractivity (Wildman–Crippen MR) is 104 cm³/mol. The molecule has 1 aromatic carbocycles. The summed E-state index contributed by atoms with van der Waals surface area (Å²) in [6, 6.07) is 6.34. The van der Waals surface area contributed by atoms with Crippen molar-refractivity contribution in [3.05, 3.63) is 24.3 Å². The second-order valence-corrected chi connectivity index (χ2v) is 10.1. The summed E-state index contributed by atoms with van der Waals surface area (Å²) < 4.78 is 27.5. The number of anilines is 1. The second kappa shape index (κ2) is 8.06. The summed E-state index contributed by atoms with van der Waals surface area (Å²) in [7, 11) is -3.64. The van der Waals surface area contributed by atoms with Gasteiger partial charge in [0.25, 0.3) is 0 Å². The average Bonchev–Trinajstić information content (AvgIpc) is 2.53. The maximum atomic E-state index is 12.5. The van der Waals surface area contributed by atoms with E-state index in [4.69, 9.17) is 5.73 Å². The first-order valence-electron chi connectivity index (χ1n) is 9.19. The summed E-state index contributed by atoms with van der Waals surface area (Å²) in [6.45, 7) is 5.86. The minimum atomic E-state index is -3.64. The molecule has 6 nitrogen and oxygen atoms in total. The lowest BCUT2D eigenvalue weighted by atomic mass is 9.71. The average molecular weight is 382 g/mol. The van der Waals surface area contributed by atoms with Crippen LogP contribution in [0.25, 0.3) is 0 Å². The van der Waals surface area contributed by atoms with Crippen LogP contribution in [0.15, 0.2) is 29.2 Å². The molecule has 1 amide bonds. The lowest BCUT2D eigenvalue weighted by Gasteiger charge is -2.35. The molecule has 0 heterocycles. The van der Waals surface area contributed by atoms with E-state index < -0.39 is 15.6 Å². The van der Waals surface area contributed by atoms with E-state index in [1.165, 1.54) is 18.6 Å². The number of hydrogen-bond donors (Lipinski definition) is 3. The largest absolute Gasteiger partial charge is 0.330 e. The molecule has 1 aromatic rings. The molecule has 2 rings (SSSR count). The second-order valence-electron chi connectivity index (χ2n) is 8.37. The van der Waals surface area contributed by atoms with Crippen LogP contribution >= 0.6 is 0 Å². The Labute approximate surface area is 157 Å². The highest BCUT2D eigenvalue weighted by atomic mass is 32.2. The monoisotopic (exact) mass is 381 g/mol. The smallest absolute Gasteiger partial charge is 0.241 e. The molecule has 1 aliphatic rings. The van der Waals surface area contributed by atoms with Crippen LogP contribution < -0.4 is 15.8 Å². The number of carbonyl (C=O) groups excluding carboxylic acids is 1. The number of amides is 1. The van der Waals surface area contributed by atoms with Crippen LogP contribution in [0, 0.1) is 5.41 Å². The van der Waals surface area contributed by atoms with Gasteiger partial charge in [0.2, 0.25) is 15.9 Å². The van der Waals surface area contributed by atoms with Crippen LogP contribution in [0.5, 0.6) is 0 Å². The van der Waals surface area contributed by atoms with E-state index in [2.05, 4.69) is 10.0 Å². The highest BCUT2D eigenvalue weighted by Crippen LogP contribution is 2.38. The molecule has 4 N–H and O–H groups in total. The van der Waals surface area contributed by atoms with Gasteiger partial charge < -0.3 is 11.1 Å². The van der Waals surface area contributed by atoms with E-state index in [9.17, 15) is 13.2 Å². The van der Waals surface area contributed by atoms with Gasteiger partial charge in [-0.05, 0) is 63.8 Å². The molecule has 0 saturated heterocycles. The standard InChI is InChI=1S/C19H31N3O3S/c1-18(2,3)22-26(24,25)16-9-7-8-15(12-16)21-17(23)13-19(14-20)10-5-4-6-11-19/h7-9,12,22H,4-6,10-11,13-14,20H2,1-3H3,(H,21,23). The van der Waals surface area contributed by atoms with Crippen molar-refractivity contribution in [2.24, 2.45) is 11.1 Å². The van der Waals surface area contributed by atoms with E-state index in [1.54, 1.807) is 32.9 Å². The predicted octanol–water partition coefficient (Wildman–Crippen LogP) is 3.00. The van der Waals surface area contributed by atoms with Crippen LogP contribution in [-0.2, 0) is 14.8 Å². The van der Waals surface area contributed by atoms with Gasteiger partial charge in [-0.25, -0.2) is 13.1 Å². The summed E-state index contributed by atoms with van der Waals surface area (Å²) >= 11 is 0. The van der Waals surface area contributed by atoms with Crippen molar-refractivity contribution in [2.45, 2.75) is 69.7 Å². The van der Waals surface area contributed by atoms with Crippen molar-refractivity contribution < 1.29 is 13.2 Å². The maximum absolute atomic E-state index is 12.5. The molecule has 1 fully saturated rings. The fourth-order valence-electron chi connectivity index (χ4n) is 3.50. The zero-order valence-corrected chi connectivity index (χ0v) is 16.8. The molecule has 146 valence electrons. The maximum Gasteiger partial charge on any atom is 0.241 e. The van der Waals surface area contributed by atoms with E-state index in [-0.39, 0.29) is 16.2 Å². The highest BCUT2D eigenvalue weighted by molar-refractivity contribution is 7.89. The first-order valence-corrected chi connectivity index (χ1v) is 10.7. The summed E-state index contributed by atoms with van der Waals surface area (Å²) in [6.07, 6.45) is 5.74. The zero-order chi connectivity index (χ0) is 19.4. The van der Waals surface area contributed by atoms with Crippen molar-refractivity contribution >= 4 is 21.6 Å². The van der Waals surface area contributed by atoms with Gasteiger partial charge in [0.1, 0.15) is 0 Å². The number of sulfonamides is 1. The van der Waals surface area contributed by atoms with Crippen molar-refractivity contribution in [1.29, 1.82) is 0 Å². The summed E-state index contributed by atoms with van der Waals surface area (Å²) in [5, 5.41) is 2.84. The molecule has 0 aliphatic heterocycles. The minimum absolute atomic E-state index is 0.115. The van der Waals surface area contributed by atoms with Crippen molar-refractivity contribution in [3.8, 4) is 0 Å². The highest BCUT2D eigenvalue weighted by Gasteiger charge is 2.33. The van der Waals surface area contributed by atoms with Gasteiger partial charge in [0.05, 0.1) is 4.90 Å². The minimum Gasteiger partial charge on any atom is -0.330 e. The van der Waals surface area contributed by atoms with Crippen LogP contribution in [0.2, 0.25) is 0 Å². The molecule has 26 heavy (non-hydrogen) atoms. The van der Waals surface area contributed by atoms with E-state index in [1.807, 2.05) is 0 Å². The molecule has 0 spiro atoms. The first kappa shape index (κ1) is 20.9. The third-order valence-electron chi connectivity index (χ3n) is 4.75. The van der Waals surface area contributed by atoms with E-state index in [0.29, 0.717) is 18.7 Å². The topological polar surface area (TPSA) is 101 Å². The Hall–Kier alpha value is -1.44. The Kier molecular flexibility index (Phi) is 6.47. The van der Waals surface area contributed by atoms with Gasteiger partial charge in [-0.2, -0.15) is 0 Å². The Morgan fingerprint density at radius 1 is 1.19 bits per heavy atom. The molecule has 0 unspecified atom stereocenters. The van der Waals surface area contributed by atoms with Crippen molar-refractivity contribution in [1.82, 2.24) is 4.72 Å². The van der Waals surface area contributed by atoms with Crippen molar-refractivity contribution in [3.63, 3.8) is 0 Å². The number of carbonyl (C=O) groups is 1. The summed E-state index contributed by atoms with van der Waals surface area (Å²) in [5.41, 5.74) is 5.73. The lowest BCUT2D eigenvalue weighted by Crippen LogP contribution is -2.40. The molecule has 0 aromatic heterocycles. The molecule has 0 radical (unpaired) electrons. The fourth-order valence-corrected chi connectivity index (χ4v) is 4.97. The quantitative estimate of drug-likeness (QED) is 0.705. The summed E-state index contributed by atoms with van der Waals surface area (Å²) in [5.74, 6) is -0.115. The van der Waals surface area contributed by atoms with Gasteiger partial charge in [-0.3, -0.25) is 4.79 Å². The number of benzene rings is 1. The number of nitrogens with two attached hydrogens (primary N) is 1. The number of rotatable bonds is 6.